The van der Waals surface area contributed by atoms with E-state index < -0.39 is 0 Å². The fraction of sp³-hybridized carbons (Fsp3) is 0.688. The molecule has 1 aromatic rings. The molecule has 1 aromatic heterocycles. The largest absolute Gasteiger partial charge is 0.481 e. The molecule has 0 aliphatic carbocycles. The second-order valence-corrected chi connectivity index (χ2v) is 6.10. The predicted octanol–water partition coefficient (Wildman–Crippen LogP) is 1.31. The lowest BCUT2D eigenvalue weighted by atomic mass is 10.0. The van der Waals surface area contributed by atoms with Crippen molar-refractivity contribution in [2.75, 3.05) is 58.3 Å². The molecule has 0 saturated carbocycles. The molecular formula is C16H26N4O. The summed E-state index contributed by atoms with van der Waals surface area (Å²) in [6.07, 6.45) is 2.48. The van der Waals surface area contributed by atoms with Crippen LogP contribution >= 0.6 is 0 Å². The molecule has 5 nitrogen and oxygen atoms in total. The summed E-state index contributed by atoms with van der Waals surface area (Å²) in [5, 5.41) is 0. The highest BCUT2D eigenvalue weighted by atomic mass is 16.5. The number of nitrogens with zero attached hydrogens (tertiary/aromatic N) is 4. The Labute approximate surface area is 127 Å². The number of rotatable bonds is 3. The molecule has 0 radical (unpaired) electrons. The smallest absolute Gasteiger partial charge is 0.214 e. The van der Waals surface area contributed by atoms with E-state index >= 15 is 0 Å². The molecule has 21 heavy (non-hydrogen) atoms. The van der Waals surface area contributed by atoms with Crippen molar-refractivity contribution in [3.05, 3.63) is 18.2 Å². The first kappa shape index (κ1) is 14.6. The molecule has 0 bridgehead atoms. The monoisotopic (exact) mass is 290 g/mol. The van der Waals surface area contributed by atoms with Crippen LogP contribution in [0.25, 0.3) is 0 Å². The molecule has 0 aromatic carbocycles. The Morgan fingerprint density at radius 1 is 1.05 bits per heavy atom. The van der Waals surface area contributed by atoms with E-state index in [1.165, 1.54) is 39.0 Å². The van der Waals surface area contributed by atoms with Gasteiger partial charge in [-0.05, 0) is 26.0 Å². The van der Waals surface area contributed by atoms with Crippen molar-refractivity contribution in [3.63, 3.8) is 0 Å². The Balaban J connectivity index is 1.55. The van der Waals surface area contributed by atoms with Gasteiger partial charge in [0.05, 0.1) is 7.11 Å². The van der Waals surface area contributed by atoms with Crippen molar-refractivity contribution in [1.82, 2.24) is 14.8 Å². The Kier molecular flexibility index (Phi) is 4.60. The van der Waals surface area contributed by atoms with Gasteiger partial charge in [-0.1, -0.05) is 6.07 Å². The van der Waals surface area contributed by atoms with Gasteiger partial charge in [0.25, 0.3) is 0 Å². The number of ether oxygens (including phenoxy) is 1. The maximum absolute atomic E-state index is 5.22. The Morgan fingerprint density at radius 2 is 1.76 bits per heavy atom. The summed E-state index contributed by atoms with van der Waals surface area (Å²) < 4.78 is 5.22. The molecule has 0 N–H and O–H groups in total. The lowest BCUT2D eigenvalue weighted by Gasteiger charge is -2.42. The molecule has 2 aliphatic heterocycles. The standard InChI is InChI=1S/C16H26N4O/c1-18-10-12-19(13-11-18)14-6-8-20(9-7-14)15-4-3-5-16(17-15)21-2/h3-5,14H,6-13H2,1-2H3. The van der Waals surface area contributed by atoms with E-state index in [0.717, 1.165) is 24.9 Å². The number of anilines is 1. The number of piperazine rings is 1. The summed E-state index contributed by atoms with van der Waals surface area (Å²) in [5.41, 5.74) is 0. The Bertz CT molecular complexity index is 451. The van der Waals surface area contributed by atoms with Gasteiger partial charge >= 0.3 is 0 Å². The van der Waals surface area contributed by atoms with Gasteiger partial charge in [-0.3, -0.25) is 4.90 Å². The van der Waals surface area contributed by atoms with Crippen molar-refractivity contribution in [2.24, 2.45) is 0 Å². The Hall–Kier alpha value is -1.33. The zero-order valence-electron chi connectivity index (χ0n) is 13.2. The van der Waals surface area contributed by atoms with E-state index in [9.17, 15) is 0 Å². The van der Waals surface area contributed by atoms with Crippen molar-refractivity contribution >= 4 is 5.82 Å². The Morgan fingerprint density at radius 3 is 2.43 bits per heavy atom. The number of likely N-dealkylation sites (N-methyl/N-ethyl adjacent to an activating group) is 1. The van der Waals surface area contributed by atoms with Crippen LogP contribution in [0.4, 0.5) is 5.82 Å². The molecule has 0 atom stereocenters. The van der Waals surface area contributed by atoms with Gasteiger partial charge in [0.2, 0.25) is 5.88 Å². The molecule has 3 heterocycles. The third-order valence-electron chi connectivity index (χ3n) is 4.76. The first-order valence-corrected chi connectivity index (χ1v) is 7.95. The van der Waals surface area contributed by atoms with Crippen LogP contribution in [0, 0.1) is 0 Å². The summed E-state index contributed by atoms with van der Waals surface area (Å²) in [4.78, 5) is 12.0. The third kappa shape index (κ3) is 3.47. The third-order valence-corrected chi connectivity index (χ3v) is 4.76. The second-order valence-electron chi connectivity index (χ2n) is 6.10. The van der Waals surface area contributed by atoms with Gasteiger partial charge < -0.3 is 14.5 Å². The van der Waals surface area contributed by atoms with E-state index in [1.807, 2.05) is 12.1 Å². The first-order chi connectivity index (χ1) is 10.3. The van der Waals surface area contributed by atoms with Crippen LogP contribution in [0.1, 0.15) is 12.8 Å². The summed E-state index contributed by atoms with van der Waals surface area (Å²) in [5.74, 6) is 1.75. The van der Waals surface area contributed by atoms with Crippen LogP contribution in [0.3, 0.4) is 0 Å². The molecular weight excluding hydrogens is 264 g/mol. The van der Waals surface area contributed by atoms with Crippen LogP contribution in [-0.2, 0) is 0 Å². The van der Waals surface area contributed by atoms with Crippen LogP contribution in [0.15, 0.2) is 18.2 Å². The van der Waals surface area contributed by atoms with E-state index in [1.54, 1.807) is 7.11 Å². The lowest BCUT2D eigenvalue weighted by molar-refractivity contribution is 0.0981. The summed E-state index contributed by atoms with van der Waals surface area (Å²) >= 11 is 0. The van der Waals surface area contributed by atoms with E-state index in [2.05, 4.69) is 32.8 Å². The number of methoxy groups -OCH3 is 1. The molecule has 2 fully saturated rings. The van der Waals surface area contributed by atoms with Gasteiger partial charge in [-0.2, -0.15) is 4.98 Å². The van der Waals surface area contributed by atoms with Crippen molar-refractivity contribution in [3.8, 4) is 5.88 Å². The number of pyridine rings is 1. The van der Waals surface area contributed by atoms with Gasteiger partial charge in [0.15, 0.2) is 0 Å². The topological polar surface area (TPSA) is 31.8 Å². The fourth-order valence-electron chi connectivity index (χ4n) is 3.34. The van der Waals surface area contributed by atoms with Crippen molar-refractivity contribution < 1.29 is 4.74 Å². The van der Waals surface area contributed by atoms with Crippen LogP contribution in [-0.4, -0.2) is 74.3 Å². The molecule has 0 unspecified atom stereocenters. The zero-order valence-corrected chi connectivity index (χ0v) is 13.2. The quantitative estimate of drug-likeness (QED) is 0.838. The highest BCUT2D eigenvalue weighted by molar-refractivity contribution is 5.41. The maximum atomic E-state index is 5.22. The van der Waals surface area contributed by atoms with Crippen LogP contribution in [0.2, 0.25) is 0 Å². The molecule has 3 rings (SSSR count). The normalized spacial score (nSPS) is 22.5. The number of hydrogen-bond donors (Lipinski definition) is 0. The summed E-state index contributed by atoms with van der Waals surface area (Å²) in [6.45, 7) is 7.04. The molecule has 2 saturated heterocycles. The van der Waals surface area contributed by atoms with E-state index in [-0.39, 0.29) is 0 Å². The minimum atomic E-state index is 0.702. The first-order valence-electron chi connectivity index (χ1n) is 7.95. The number of aromatic nitrogens is 1. The minimum absolute atomic E-state index is 0.702. The lowest BCUT2D eigenvalue weighted by Crippen LogP contribution is -2.52. The molecule has 116 valence electrons. The predicted molar refractivity (Wildman–Crippen MR) is 85.1 cm³/mol. The SMILES string of the molecule is COc1cccc(N2CCC(N3CCN(C)CC3)CC2)n1. The molecule has 5 heteroatoms. The molecule has 2 aliphatic rings. The van der Waals surface area contributed by atoms with Crippen molar-refractivity contribution in [2.45, 2.75) is 18.9 Å². The number of piperidine rings is 1. The highest BCUT2D eigenvalue weighted by Crippen LogP contribution is 2.23. The van der Waals surface area contributed by atoms with Crippen LogP contribution in [0.5, 0.6) is 5.88 Å². The summed E-state index contributed by atoms with van der Waals surface area (Å²) in [7, 11) is 3.89. The van der Waals surface area contributed by atoms with Gasteiger partial charge in [0, 0.05) is 51.4 Å². The summed E-state index contributed by atoms with van der Waals surface area (Å²) in [6, 6.07) is 6.76. The average molecular weight is 290 g/mol. The van der Waals surface area contributed by atoms with Gasteiger partial charge in [0.1, 0.15) is 5.82 Å². The van der Waals surface area contributed by atoms with Crippen LogP contribution < -0.4 is 9.64 Å². The van der Waals surface area contributed by atoms with Gasteiger partial charge in [-0.15, -0.1) is 0 Å². The highest BCUT2D eigenvalue weighted by Gasteiger charge is 2.27. The fourth-order valence-corrected chi connectivity index (χ4v) is 3.34. The second kappa shape index (κ2) is 6.62. The maximum Gasteiger partial charge on any atom is 0.214 e. The van der Waals surface area contributed by atoms with E-state index in [0.29, 0.717) is 5.88 Å². The molecule has 0 amide bonds. The minimum Gasteiger partial charge on any atom is -0.481 e. The van der Waals surface area contributed by atoms with E-state index in [4.69, 9.17) is 4.74 Å². The molecule has 0 spiro atoms. The van der Waals surface area contributed by atoms with Crippen molar-refractivity contribution in [1.29, 1.82) is 0 Å². The van der Waals surface area contributed by atoms with Gasteiger partial charge in [-0.25, -0.2) is 0 Å². The average Bonchev–Trinajstić information content (AvgIpc) is 2.56. The number of hydrogen-bond acceptors (Lipinski definition) is 5. The zero-order chi connectivity index (χ0) is 14.7.